The fraction of sp³-hybridized carbons (Fsp3) is 0.390. The van der Waals surface area contributed by atoms with E-state index in [0.717, 1.165) is 85.8 Å². The summed E-state index contributed by atoms with van der Waals surface area (Å²) in [5, 5.41) is 13.6. The van der Waals surface area contributed by atoms with Gasteiger partial charge in [0.1, 0.15) is 11.9 Å². The number of nitrogens with zero attached hydrogens (tertiary/aromatic N) is 5. The van der Waals surface area contributed by atoms with Crippen LogP contribution in [-0.2, 0) is 16.0 Å². The van der Waals surface area contributed by atoms with E-state index in [4.69, 9.17) is 4.98 Å². The summed E-state index contributed by atoms with van der Waals surface area (Å²) in [4.78, 5) is 71.8. The lowest BCUT2D eigenvalue weighted by molar-refractivity contribution is -0.136. The number of benzene rings is 2. The molecular weight excluding hydrogens is 685 g/mol. The summed E-state index contributed by atoms with van der Waals surface area (Å²) in [7, 11) is 0. The molecule has 2 aromatic carbocycles. The van der Waals surface area contributed by atoms with Crippen LogP contribution in [0, 0.1) is 17.8 Å². The number of nitrogens with one attached hydrogen (secondary N) is 3. The van der Waals surface area contributed by atoms with Crippen LogP contribution >= 0.6 is 0 Å². The molecule has 3 N–H and O–H groups in total. The fourth-order valence-corrected chi connectivity index (χ4v) is 8.08. The summed E-state index contributed by atoms with van der Waals surface area (Å²) in [6, 6.07) is 16.1. The summed E-state index contributed by atoms with van der Waals surface area (Å²) >= 11 is 0. The Hall–Kier alpha value is -6.03. The fourth-order valence-electron chi connectivity index (χ4n) is 8.08. The van der Waals surface area contributed by atoms with Gasteiger partial charge >= 0.3 is 0 Å². The minimum atomic E-state index is -1.01. The van der Waals surface area contributed by atoms with E-state index in [1.807, 2.05) is 34.8 Å². The molecule has 13 nitrogen and oxygen atoms in total. The lowest BCUT2D eigenvalue weighted by atomic mass is 9.95. The van der Waals surface area contributed by atoms with Gasteiger partial charge < -0.3 is 15.5 Å². The van der Waals surface area contributed by atoms with Crippen LogP contribution in [0.15, 0.2) is 60.8 Å². The van der Waals surface area contributed by atoms with Crippen LogP contribution in [0.5, 0.6) is 0 Å². The number of aryl methyl sites for hydroxylation is 1. The first-order valence-electron chi connectivity index (χ1n) is 18.9. The molecule has 13 heteroatoms. The quantitative estimate of drug-likeness (QED) is 0.180. The summed E-state index contributed by atoms with van der Waals surface area (Å²) in [6.45, 7) is 3.72. The third kappa shape index (κ3) is 6.91. The lowest BCUT2D eigenvalue weighted by Gasteiger charge is -2.31. The molecule has 4 aliphatic rings. The van der Waals surface area contributed by atoms with E-state index in [1.165, 1.54) is 0 Å². The van der Waals surface area contributed by atoms with Crippen molar-refractivity contribution >= 4 is 46.7 Å². The van der Waals surface area contributed by atoms with E-state index in [2.05, 4.69) is 50.8 Å². The molecule has 54 heavy (non-hydrogen) atoms. The number of imide groups is 2. The van der Waals surface area contributed by atoms with Gasteiger partial charge in [-0.05, 0) is 81.3 Å². The van der Waals surface area contributed by atoms with Crippen LogP contribution < -0.4 is 20.9 Å². The topological polar surface area (TPSA) is 158 Å². The molecule has 1 aliphatic carbocycles. The molecule has 5 heterocycles. The maximum absolute atomic E-state index is 13.4. The smallest absolute Gasteiger partial charge is 0.263 e. The first-order valence-corrected chi connectivity index (χ1v) is 18.9. The van der Waals surface area contributed by atoms with E-state index in [1.54, 1.807) is 24.4 Å². The van der Waals surface area contributed by atoms with Crippen molar-refractivity contribution in [3.05, 3.63) is 88.7 Å². The Morgan fingerprint density at radius 1 is 0.944 bits per heavy atom. The van der Waals surface area contributed by atoms with Crippen LogP contribution in [0.1, 0.15) is 101 Å². The van der Waals surface area contributed by atoms with Crippen molar-refractivity contribution in [2.45, 2.75) is 82.8 Å². The SMILES string of the molecule is CCCc1cc(N[C@@H]2CCC(NC(=O)c3ccc(N4CCC(C#Cc5cccc6c5C(=O)N(C5CCC(=O)NC5=O)C6=O)CC4)cc3)C2)n2nccc2n1. The number of hydrogen-bond acceptors (Lipinski definition) is 9. The second kappa shape index (κ2) is 14.8. The predicted octanol–water partition coefficient (Wildman–Crippen LogP) is 4.11. The zero-order valence-electron chi connectivity index (χ0n) is 30.1. The van der Waals surface area contributed by atoms with Crippen molar-refractivity contribution in [2.75, 3.05) is 23.3 Å². The zero-order chi connectivity index (χ0) is 37.3. The van der Waals surface area contributed by atoms with E-state index < -0.39 is 29.7 Å². The average molecular weight is 727 g/mol. The number of carbonyl (C=O) groups is 5. The number of hydrogen-bond donors (Lipinski definition) is 3. The summed E-state index contributed by atoms with van der Waals surface area (Å²) in [5.41, 5.74) is 4.47. The predicted molar refractivity (Wildman–Crippen MR) is 201 cm³/mol. The Morgan fingerprint density at radius 2 is 1.74 bits per heavy atom. The first-order chi connectivity index (χ1) is 26.2. The number of piperidine rings is 2. The highest BCUT2D eigenvalue weighted by Gasteiger charge is 2.45. The van der Waals surface area contributed by atoms with Crippen molar-refractivity contribution in [1.29, 1.82) is 0 Å². The third-order valence-electron chi connectivity index (χ3n) is 10.9. The van der Waals surface area contributed by atoms with Gasteiger partial charge in [0, 0.05) is 72.2 Å². The number of rotatable bonds is 8. The Morgan fingerprint density at radius 3 is 2.52 bits per heavy atom. The molecule has 4 aromatic rings. The standard InChI is InChI=1S/C41H42N8O5/c1-2-4-28-24-35(49-34(43-28)17-20-42-49)44-29-11-12-30(23-29)45-38(51)27-9-13-31(14-10-27)47-21-18-25(19-22-47)7-8-26-5-3-6-32-37(26)41(54)48(40(32)53)33-15-16-36(50)46-39(33)52/h3,5-6,9-10,13-14,17,20,24-25,29-30,33,44H,2,4,11-12,15-16,18-19,21-23H2,1H3,(H,45,51)(H,46,50,52)/t29-,30?,33?/m1/s1. The summed E-state index contributed by atoms with van der Waals surface area (Å²) in [5.74, 6) is 5.32. The number of aromatic nitrogens is 3. The number of carbonyl (C=O) groups excluding carboxylic acids is 5. The Labute approximate surface area is 312 Å². The molecule has 1 saturated carbocycles. The average Bonchev–Trinajstić information content (AvgIpc) is 3.90. The van der Waals surface area contributed by atoms with Gasteiger partial charge in [-0.1, -0.05) is 31.3 Å². The maximum Gasteiger partial charge on any atom is 0.263 e. The van der Waals surface area contributed by atoms with Crippen molar-refractivity contribution < 1.29 is 24.0 Å². The van der Waals surface area contributed by atoms with Gasteiger partial charge in [0.2, 0.25) is 11.8 Å². The molecule has 5 amide bonds. The number of amides is 5. The minimum absolute atomic E-state index is 0.0683. The molecule has 2 unspecified atom stereocenters. The second-order valence-electron chi connectivity index (χ2n) is 14.6. The van der Waals surface area contributed by atoms with Crippen molar-refractivity contribution in [1.82, 2.24) is 30.1 Å². The van der Waals surface area contributed by atoms with E-state index >= 15 is 0 Å². The van der Waals surface area contributed by atoms with Crippen molar-refractivity contribution in [3.63, 3.8) is 0 Å². The van der Waals surface area contributed by atoms with Gasteiger partial charge in [-0.2, -0.15) is 9.61 Å². The highest BCUT2D eigenvalue weighted by molar-refractivity contribution is 6.24. The summed E-state index contributed by atoms with van der Waals surface area (Å²) in [6.07, 6.45) is 8.19. The van der Waals surface area contributed by atoms with Crippen molar-refractivity contribution in [2.24, 2.45) is 5.92 Å². The molecule has 0 bridgehead atoms. The number of fused-ring (bicyclic) bond motifs is 2. The second-order valence-corrected chi connectivity index (χ2v) is 14.6. The molecule has 2 saturated heterocycles. The monoisotopic (exact) mass is 726 g/mol. The van der Waals surface area contributed by atoms with E-state index in [9.17, 15) is 24.0 Å². The van der Waals surface area contributed by atoms with Gasteiger partial charge in [-0.15, -0.1) is 0 Å². The largest absolute Gasteiger partial charge is 0.371 e. The Kier molecular flexibility index (Phi) is 9.58. The van der Waals surface area contributed by atoms with E-state index in [-0.39, 0.29) is 47.9 Å². The molecular formula is C41H42N8O5. The van der Waals surface area contributed by atoms with Crippen LogP contribution in [0.4, 0.5) is 11.5 Å². The van der Waals surface area contributed by atoms with Gasteiger partial charge in [0.25, 0.3) is 17.7 Å². The summed E-state index contributed by atoms with van der Waals surface area (Å²) < 4.78 is 1.84. The Balaban J connectivity index is 0.837. The van der Waals surface area contributed by atoms with Crippen LogP contribution in [0.2, 0.25) is 0 Å². The molecule has 2 aromatic heterocycles. The highest BCUT2D eigenvalue weighted by Crippen LogP contribution is 2.31. The molecule has 0 radical (unpaired) electrons. The van der Waals surface area contributed by atoms with Crippen LogP contribution in [0.3, 0.4) is 0 Å². The maximum atomic E-state index is 13.4. The molecule has 3 fully saturated rings. The molecule has 8 rings (SSSR count). The Bertz CT molecular complexity index is 2210. The van der Waals surface area contributed by atoms with Gasteiger partial charge in [-0.25, -0.2) is 4.98 Å². The van der Waals surface area contributed by atoms with Crippen LogP contribution in [-0.4, -0.2) is 80.2 Å². The van der Waals surface area contributed by atoms with Gasteiger partial charge in [0.05, 0.1) is 17.3 Å². The molecule has 3 aliphatic heterocycles. The molecule has 3 atom stereocenters. The van der Waals surface area contributed by atoms with Crippen LogP contribution in [0.25, 0.3) is 5.65 Å². The highest BCUT2D eigenvalue weighted by atomic mass is 16.2. The normalized spacial score (nSPS) is 21.5. The lowest BCUT2D eigenvalue weighted by Crippen LogP contribution is -2.54. The molecule has 0 spiro atoms. The number of anilines is 2. The van der Waals surface area contributed by atoms with Gasteiger partial charge in [0.15, 0.2) is 5.65 Å². The minimum Gasteiger partial charge on any atom is -0.371 e. The van der Waals surface area contributed by atoms with Crippen molar-refractivity contribution in [3.8, 4) is 11.8 Å². The molecule has 276 valence electrons. The van der Waals surface area contributed by atoms with E-state index in [0.29, 0.717) is 11.1 Å². The van der Waals surface area contributed by atoms with Gasteiger partial charge in [-0.3, -0.25) is 34.2 Å². The first kappa shape index (κ1) is 35.0. The zero-order valence-corrected chi connectivity index (χ0v) is 30.1. The third-order valence-corrected chi connectivity index (χ3v) is 10.9.